The molecule has 0 spiro atoms. The van der Waals surface area contributed by atoms with Crippen LogP contribution in [0.1, 0.15) is 12.8 Å². The third-order valence-electron chi connectivity index (χ3n) is 3.53. The van der Waals surface area contributed by atoms with E-state index in [1.165, 1.54) is 12.8 Å². The lowest BCUT2D eigenvalue weighted by atomic mass is 9.99. The Balaban J connectivity index is 1.87. The van der Waals surface area contributed by atoms with Gasteiger partial charge in [0.2, 0.25) is 5.95 Å². The van der Waals surface area contributed by atoms with Crippen LogP contribution in [-0.4, -0.2) is 29.6 Å². The Morgan fingerprint density at radius 3 is 3.12 bits per heavy atom. The number of nitrogens with one attached hydrogen (secondary N) is 1. The molecule has 0 radical (unpaired) electrons. The molecule has 2 heterocycles. The molecule has 3 N–H and O–H groups in total. The summed E-state index contributed by atoms with van der Waals surface area (Å²) in [6.07, 6.45) is 2.45. The zero-order valence-electron chi connectivity index (χ0n) is 9.89. The van der Waals surface area contributed by atoms with Crippen molar-refractivity contribution in [2.45, 2.75) is 12.8 Å². The van der Waals surface area contributed by atoms with Crippen LogP contribution in [0.2, 0.25) is 0 Å². The summed E-state index contributed by atoms with van der Waals surface area (Å²) in [5, 5.41) is 0. The maximum Gasteiger partial charge on any atom is 0.203 e. The molecule has 1 saturated heterocycles. The summed E-state index contributed by atoms with van der Waals surface area (Å²) in [5.41, 5.74) is 7.91. The number of aromatic nitrogens is 2. The van der Waals surface area contributed by atoms with Gasteiger partial charge in [-0.25, -0.2) is 4.98 Å². The lowest BCUT2D eigenvalue weighted by Crippen LogP contribution is -2.38. The van der Waals surface area contributed by atoms with Crippen LogP contribution in [0, 0.1) is 5.92 Å². The Morgan fingerprint density at radius 2 is 2.29 bits per heavy atom. The number of H-pyrrole nitrogens is 1. The second kappa shape index (κ2) is 4.37. The average molecular weight is 230 g/mol. The second-order valence-electron chi connectivity index (χ2n) is 4.77. The molecular weight excluding hydrogens is 212 g/mol. The quantitative estimate of drug-likeness (QED) is 0.826. The molecule has 0 amide bonds. The third-order valence-corrected chi connectivity index (χ3v) is 3.53. The van der Waals surface area contributed by atoms with E-state index < -0.39 is 0 Å². The van der Waals surface area contributed by atoms with E-state index in [4.69, 9.17) is 5.73 Å². The standard InChI is InChI=1S/C13H18N4/c14-8-10-4-3-7-17(9-10)13-15-11-5-1-2-6-12(11)16-13/h1-2,5-6,10H,3-4,7-9,14H2,(H,15,16)/t10-/m0/s1. The van der Waals surface area contributed by atoms with Gasteiger partial charge in [0.15, 0.2) is 0 Å². The molecule has 1 aliphatic rings. The van der Waals surface area contributed by atoms with Crippen LogP contribution in [-0.2, 0) is 0 Å². The summed E-state index contributed by atoms with van der Waals surface area (Å²) in [5.74, 6) is 1.60. The highest BCUT2D eigenvalue weighted by atomic mass is 15.3. The Bertz CT molecular complexity index is 472. The maximum atomic E-state index is 5.76. The molecule has 1 aromatic heterocycles. The minimum absolute atomic E-state index is 0.608. The largest absolute Gasteiger partial charge is 0.342 e. The number of piperidine rings is 1. The molecule has 0 bridgehead atoms. The SMILES string of the molecule is NC[C@@H]1CCCN(c2nc3ccccc3[nH]2)C1. The van der Waals surface area contributed by atoms with Gasteiger partial charge in [-0.3, -0.25) is 0 Å². The van der Waals surface area contributed by atoms with Crippen molar-refractivity contribution in [1.82, 2.24) is 9.97 Å². The Morgan fingerprint density at radius 1 is 1.41 bits per heavy atom. The molecule has 17 heavy (non-hydrogen) atoms. The molecule has 0 saturated carbocycles. The van der Waals surface area contributed by atoms with E-state index in [9.17, 15) is 0 Å². The molecule has 90 valence electrons. The fourth-order valence-electron chi connectivity index (χ4n) is 2.54. The number of rotatable bonds is 2. The summed E-state index contributed by atoms with van der Waals surface area (Å²) < 4.78 is 0. The smallest absolute Gasteiger partial charge is 0.203 e. The highest BCUT2D eigenvalue weighted by Crippen LogP contribution is 2.22. The number of hydrogen-bond donors (Lipinski definition) is 2. The van der Waals surface area contributed by atoms with Crippen LogP contribution in [0.15, 0.2) is 24.3 Å². The second-order valence-corrected chi connectivity index (χ2v) is 4.77. The van der Waals surface area contributed by atoms with Gasteiger partial charge in [0, 0.05) is 13.1 Å². The Hall–Kier alpha value is -1.55. The number of aromatic amines is 1. The molecule has 1 fully saturated rings. The Labute approximate surface area is 101 Å². The summed E-state index contributed by atoms with van der Waals surface area (Å²) in [6.45, 7) is 2.88. The monoisotopic (exact) mass is 230 g/mol. The van der Waals surface area contributed by atoms with E-state index in [1.807, 2.05) is 18.2 Å². The molecule has 0 unspecified atom stereocenters. The highest BCUT2D eigenvalue weighted by molar-refractivity contribution is 5.77. The van der Waals surface area contributed by atoms with Crippen LogP contribution in [0.5, 0.6) is 0 Å². The first-order valence-corrected chi connectivity index (χ1v) is 6.26. The number of anilines is 1. The maximum absolute atomic E-state index is 5.76. The van der Waals surface area contributed by atoms with Crippen molar-refractivity contribution in [3.63, 3.8) is 0 Å². The summed E-state index contributed by atoms with van der Waals surface area (Å²) in [6, 6.07) is 8.16. The zero-order valence-corrected chi connectivity index (χ0v) is 9.89. The predicted octanol–water partition coefficient (Wildman–Crippen LogP) is 1.74. The van der Waals surface area contributed by atoms with Crippen molar-refractivity contribution >= 4 is 17.0 Å². The van der Waals surface area contributed by atoms with Gasteiger partial charge >= 0.3 is 0 Å². The number of nitrogens with two attached hydrogens (primary N) is 1. The number of para-hydroxylation sites is 2. The van der Waals surface area contributed by atoms with Crippen molar-refractivity contribution < 1.29 is 0 Å². The normalized spacial score (nSPS) is 21.0. The molecule has 4 heteroatoms. The number of imidazole rings is 1. The van der Waals surface area contributed by atoms with Crippen molar-refractivity contribution in [1.29, 1.82) is 0 Å². The van der Waals surface area contributed by atoms with Gasteiger partial charge < -0.3 is 15.6 Å². The summed E-state index contributed by atoms with van der Waals surface area (Å²) in [4.78, 5) is 10.3. The van der Waals surface area contributed by atoms with E-state index in [0.29, 0.717) is 5.92 Å². The van der Waals surface area contributed by atoms with E-state index >= 15 is 0 Å². The molecule has 1 atom stereocenters. The van der Waals surface area contributed by atoms with Crippen LogP contribution in [0.25, 0.3) is 11.0 Å². The summed E-state index contributed by atoms with van der Waals surface area (Å²) >= 11 is 0. The fraction of sp³-hybridized carbons (Fsp3) is 0.462. The van der Waals surface area contributed by atoms with E-state index in [2.05, 4.69) is 20.9 Å². The minimum atomic E-state index is 0.608. The lowest BCUT2D eigenvalue weighted by molar-refractivity contribution is 0.420. The van der Waals surface area contributed by atoms with Gasteiger partial charge in [0.25, 0.3) is 0 Å². The number of benzene rings is 1. The molecule has 2 aromatic rings. The van der Waals surface area contributed by atoms with Gasteiger partial charge in [-0.2, -0.15) is 0 Å². The van der Waals surface area contributed by atoms with Crippen molar-refractivity contribution in [3.8, 4) is 0 Å². The number of fused-ring (bicyclic) bond motifs is 1. The van der Waals surface area contributed by atoms with Gasteiger partial charge in [-0.15, -0.1) is 0 Å². The molecule has 4 nitrogen and oxygen atoms in total. The van der Waals surface area contributed by atoms with Gasteiger partial charge in [0.1, 0.15) is 0 Å². The van der Waals surface area contributed by atoms with Crippen LogP contribution in [0.3, 0.4) is 0 Å². The van der Waals surface area contributed by atoms with Crippen LogP contribution < -0.4 is 10.6 Å². The average Bonchev–Trinajstić information content (AvgIpc) is 2.82. The topological polar surface area (TPSA) is 57.9 Å². The van der Waals surface area contributed by atoms with Crippen molar-refractivity contribution in [2.24, 2.45) is 11.7 Å². The van der Waals surface area contributed by atoms with Crippen molar-refractivity contribution in [2.75, 3.05) is 24.5 Å². The van der Waals surface area contributed by atoms with Crippen LogP contribution >= 0.6 is 0 Å². The predicted molar refractivity (Wildman–Crippen MR) is 70.1 cm³/mol. The number of nitrogens with zero attached hydrogens (tertiary/aromatic N) is 2. The highest BCUT2D eigenvalue weighted by Gasteiger charge is 2.20. The zero-order chi connectivity index (χ0) is 11.7. The van der Waals surface area contributed by atoms with Crippen LogP contribution in [0.4, 0.5) is 5.95 Å². The molecule has 0 aliphatic carbocycles. The Kier molecular flexibility index (Phi) is 2.73. The fourth-order valence-corrected chi connectivity index (χ4v) is 2.54. The first kappa shape index (κ1) is 10.6. The van der Waals surface area contributed by atoms with E-state index in [-0.39, 0.29) is 0 Å². The molecule has 3 rings (SSSR count). The molecule has 1 aromatic carbocycles. The molecular formula is C13H18N4. The van der Waals surface area contributed by atoms with E-state index in [0.717, 1.165) is 36.6 Å². The minimum Gasteiger partial charge on any atom is -0.342 e. The number of hydrogen-bond acceptors (Lipinski definition) is 3. The van der Waals surface area contributed by atoms with E-state index in [1.54, 1.807) is 0 Å². The third kappa shape index (κ3) is 2.00. The van der Waals surface area contributed by atoms with Gasteiger partial charge in [0.05, 0.1) is 11.0 Å². The lowest BCUT2D eigenvalue weighted by Gasteiger charge is -2.31. The molecule has 1 aliphatic heterocycles. The van der Waals surface area contributed by atoms with Gasteiger partial charge in [-0.05, 0) is 37.4 Å². The first-order valence-electron chi connectivity index (χ1n) is 6.26. The first-order chi connectivity index (χ1) is 8.36. The summed E-state index contributed by atoms with van der Waals surface area (Å²) in [7, 11) is 0. The van der Waals surface area contributed by atoms with Gasteiger partial charge in [-0.1, -0.05) is 12.1 Å². The van der Waals surface area contributed by atoms with Crippen molar-refractivity contribution in [3.05, 3.63) is 24.3 Å².